The first kappa shape index (κ1) is 19.6. The fraction of sp³-hybridized carbons (Fsp3) is 0.562. The van der Waals surface area contributed by atoms with Crippen molar-refractivity contribution in [1.82, 2.24) is 9.21 Å². The third kappa shape index (κ3) is 5.02. The van der Waals surface area contributed by atoms with Crippen molar-refractivity contribution in [2.45, 2.75) is 31.2 Å². The molecule has 0 heterocycles. The maximum Gasteiger partial charge on any atom is 0.253 e. The fourth-order valence-electron chi connectivity index (χ4n) is 1.99. The highest BCUT2D eigenvalue weighted by molar-refractivity contribution is 7.89. The van der Waals surface area contributed by atoms with E-state index in [9.17, 15) is 13.2 Å². The molecule has 0 fully saturated rings. The molecule has 23 heavy (non-hydrogen) atoms. The number of nitrogens with zero attached hydrogens (tertiary/aromatic N) is 2. The van der Waals surface area contributed by atoms with E-state index < -0.39 is 10.0 Å². The Kier molecular flexibility index (Phi) is 6.73. The zero-order chi connectivity index (χ0) is 17.8. The van der Waals surface area contributed by atoms with Crippen molar-refractivity contribution < 1.29 is 13.2 Å². The van der Waals surface area contributed by atoms with Gasteiger partial charge in [0.15, 0.2) is 0 Å². The van der Waals surface area contributed by atoms with Gasteiger partial charge < -0.3 is 10.6 Å². The van der Waals surface area contributed by atoms with Gasteiger partial charge in [-0.15, -0.1) is 0 Å². The van der Waals surface area contributed by atoms with Crippen molar-refractivity contribution >= 4 is 15.9 Å². The Morgan fingerprint density at radius 3 is 2.09 bits per heavy atom. The summed E-state index contributed by atoms with van der Waals surface area (Å²) in [6, 6.07) is 5.95. The van der Waals surface area contributed by atoms with Crippen LogP contribution in [0.3, 0.4) is 0 Å². The fourth-order valence-corrected chi connectivity index (χ4v) is 3.18. The molecule has 0 radical (unpaired) electrons. The van der Waals surface area contributed by atoms with E-state index in [0.717, 1.165) is 0 Å². The average Bonchev–Trinajstić information content (AvgIpc) is 2.51. The molecule has 1 rings (SSSR count). The van der Waals surface area contributed by atoms with E-state index in [-0.39, 0.29) is 16.8 Å². The van der Waals surface area contributed by atoms with Gasteiger partial charge in [-0.2, -0.15) is 0 Å². The summed E-state index contributed by atoms with van der Waals surface area (Å²) in [5.74, 6) is 0.146. The molecule has 2 N–H and O–H groups in total. The van der Waals surface area contributed by atoms with Crippen molar-refractivity contribution in [3.05, 3.63) is 29.8 Å². The van der Waals surface area contributed by atoms with Crippen molar-refractivity contribution in [2.75, 3.05) is 27.7 Å². The number of nitrogens with two attached hydrogens (primary N) is 1. The number of sulfonamides is 1. The highest BCUT2D eigenvalue weighted by Gasteiger charge is 2.22. The molecule has 0 spiro atoms. The summed E-state index contributed by atoms with van der Waals surface area (Å²) in [7, 11) is 1.28. The summed E-state index contributed by atoms with van der Waals surface area (Å²) < 4.78 is 26.3. The highest BCUT2D eigenvalue weighted by atomic mass is 32.2. The standard InChI is InChI=1S/C16H27N3O3S/c1-12(2)15(17)10-11-19(5)23(21,22)14-8-6-13(7-9-14)16(20)18(3)4/h6-9,12,15H,10-11,17H2,1-5H3. The first-order chi connectivity index (χ1) is 10.6. The molecule has 7 heteroatoms. The topological polar surface area (TPSA) is 83.7 Å². The Balaban J connectivity index is 2.85. The third-order valence-corrected chi connectivity index (χ3v) is 5.72. The normalized spacial score (nSPS) is 13.4. The second-order valence-electron chi connectivity index (χ2n) is 6.25. The van der Waals surface area contributed by atoms with Gasteiger partial charge in [-0.1, -0.05) is 13.8 Å². The Hall–Kier alpha value is -1.44. The highest BCUT2D eigenvalue weighted by Crippen LogP contribution is 2.17. The van der Waals surface area contributed by atoms with Gasteiger partial charge in [0.1, 0.15) is 0 Å². The Morgan fingerprint density at radius 2 is 1.65 bits per heavy atom. The predicted octanol–water partition coefficient (Wildman–Crippen LogP) is 1.38. The molecule has 1 aromatic carbocycles. The van der Waals surface area contributed by atoms with Gasteiger partial charge in [0.2, 0.25) is 10.0 Å². The van der Waals surface area contributed by atoms with Crippen LogP contribution < -0.4 is 5.73 Å². The quantitative estimate of drug-likeness (QED) is 0.812. The molecule has 0 saturated heterocycles. The van der Waals surface area contributed by atoms with E-state index in [4.69, 9.17) is 5.73 Å². The molecule has 0 aliphatic carbocycles. The summed E-state index contributed by atoms with van der Waals surface area (Å²) in [5.41, 5.74) is 6.42. The summed E-state index contributed by atoms with van der Waals surface area (Å²) in [5, 5.41) is 0. The lowest BCUT2D eigenvalue weighted by Crippen LogP contribution is -2.34. The minimum Gasteiger partial charge on any atom is -0.345 e. The maximum absolute atomic E-state index is 12.5. The lowest BCUT2D eigenvalue weighted by atomic mass is 10.0. The molecular formula is C16H27N3O3S. The number of hydrogen-bond donors (Lipinski definition) is 1. The van der Waals surface area contributed by atoms with E-state index in [2.05, 4.69) is 0 Å². The van der Waals surface area contributed by atoms with E-state index in [1.165, 1.54) is 33.5 Å². The van der Waals surface area contributed by atoms with E-state index in [1.807, 2.05) is 13.8 Å². The molecule has 0 aromatic heterocycles. The van der Waals surface area contributed by atoms with Crippen molar-refractivity contribution in [1.29, 1.82) is 0 Å². The van der Waals surface area contributed by atoms with Crippen LogP contribution in [0.4, 0.5) is 0 Å². The van der Waals surface area contributed by atoms with Crippen LogP contribution in [0.5, 0.6) is 0 Å². The van der Waals surface area contributed by atoms with Crippen molar-refractivity contribution in [2.24, 2.45) is 11.7 Å². The van der Waals surface area contributed by atoms with Crippen LogP contribution in [-0.4, -0.2) is 57.3 Å². The van der Waals surface area contributed by atoms with Gasteiger partial charge in [0.05, 0.1) is 4.90 Å². The Morgan fingerprint density at radius 1 is 1.13 bits per heavy atom. The van der Waals surface area contributed by atoms with Crippen LogP contribution in [0.1, 0.15) is 30.6 Å². The largest absolute Gasteiger partial charge is 0.345 e. The molecule has 130 valence electrons. The van der Waals surface area contributed by atoms with E-state index in [1.54, 1.807) is 21.1 Å². The molecule has 1 unspecified atom stereocenters. The van der Waals surface area contributed by atoms with Crippen LogP contribution in [0, 0.1) is 5.92 Å². The molecule has 0 aliphatic rings. The first-order valence-corrected chi connectivity index (χ1v) is 9.05. The van der Waals surface area contributed by atoms with Crippen LogP contribution in [0.2, 0.25) is 0 Å². The third-order valence-electron chi connectivity index (χ3n) is 3.85. The van der Waals surface area contributed by atoms with Crippen molar-refractivity contribution in [3.8, 4) is 0 Å². The van der Waals surface area contributed by atoms with Crippen molar-refractivity contribution in [3.63, 3.8) is 0 Å². The molecule has 0 saturated carbocycles. The van der Waals surface area contributed by atoms with Crippen LogP contribution >= 0.6 is 0 Å². The van der Waals surface area contributed by atoms with Crippen LogP contribution in [-0.2, 0) is 10.0 Å². The second kappa shape index (κ2) is 7.90. The van der Waals surface area contributed by atoms with Crippen LogP contribution in [0.25, 0.3) is 0 Å². The Bertz CT molecular complexity index is 624. The molecular weight excluding hydrogens is 314 g/mol. The van der Waals surface area contributed by atoms with Gasteiger partial charge in [-0.3, -0.25) is 4.79 Å². The molecule has 6 nitrogen and oxygen atoms in total. The zero-order valence-electron chi connectivity index (χ0n) is 14.5. The molecule has 1 atom stereocenters. The number of carbonyl (C=O) groups is 1. The predicted molar refractivity (Wildman–Crippen MR) is 91.7 cm³/mol. The van der Waals surface area contributed by atoms with Crippen LogP contribution in [0.15, 0.2) is 29.2 Å². The minimum absolute atomic E-state index is 0.0345. The monoisotopic (exact) mass is 341 g/mol. The van der Waals surface area contributed by atoms with E-state index >= 15 is 0 Å². The summed E-state index contributed by atoms with van der Waals surface area (Å²) in [4.78, 5) is 13.5. The molecule has 1 aromatic rings. The number of amides is 1. The van der Waals surface area contributed by atoms with Gasteiger partial charge in [0.25, 0.3) is 5.91 Å². The van der Waals surface area contributed by atoms with Gasteiger partial charge >= 0.3 is 0 Å². The SMILES string of the molecule is CC(C)C(N)CCN(C)S(=O)(=O)c1ccc(C(=O)N(C)C)cc1. The number of benzene rings is 1. The summed E-state index contributed by atoms with van der Waals surface area (Å²) in [6.07, 6.45) is 0.602. The summed E-state index contributed by atoms with van der Waals surface area (Å²) in [6.45, 7) is 4.39. The minimum atomic E-state index is -3.57. The lowest BCUT2D eigenvalue weighted by molar-refractivity contribution is 0.0827. The average molecular weight is 341 g/mol. The molecule has 0 bridgehead atoms. The number of rotatable bonds is 7. The second-order valence-corrected chi connectivity index (χ2v) is 8.29. The molecule has 0 aliphatic heterocycles. The molecule has 1 amide bonds. The van der Waals surface area contributed by atoms with Gasteiger partial charge in [-0.25, -0.2) is 12.7 Å². The first-order valence-electron chi connectivity index (χ1n) is 7.61. The summed E-state index contributed by atoms with van der Waals surface area (Å²) >= 11 is 0. The van der Waals surface area contributed by atoms with E-state index in [0.29, 0.717) is 24.4 Å². The lowest BCUT2D eigenvalue weighted by Gasteiger charge is -2.21. The smallest absolute Gasteiger partial charge is 0.253 e. The maximum atomic E-state index is 12.5. The number of carbonyl (C=O) groups excluding carboxylic acids is 1. The Labute approximate surface area is 139 Å². The zero-order valence-corrected chi connectivity index (χ0v) is 15.3. The number of hydrogen-bond acceptors (Lipinski definition) is 4. The van der Waals surface area contributed by atoms with Gasteiger partial charge in [0, 0.05) is 39.3 Å². The van der Waals surface area contributed by atoms with Gasteiger partial charge in [-0.05, 0) is 36.6 Å².